The Morgan fingerprint density at radius 1 is 1.23 bits per heavy atom. The number of nitro groups is 1. The van der Waals surface area contributed by atoms with E-state index in [-0.39, 0.29) is 11.3 Å². The van der Waals surface area contributed by atoms with E-state index in [0.29, 0.717) is 11.1 Å². The van der Waals surface area contributed by atoms with Crippen LogP contribution in [-0.4, -0.2) is 10.7 Å². The second kappa shape index (κ2) is 6.46. The van der Waals surface area contributed by atoms with Crippen molar-refractivity contribution in [2.45, 2.75) is 6.92 Å². The van der Waals surface area contributed by atoms with E-state index >= 15 is 0 Å². The zero-order valence-corrected chi connectivity index (χ0v) is 11.8. The normalized spacial score (nSPS) is 10.8. The molecular formula is C17H12N2O3. The van der Waals surface area contributed by atoms with Crippen LogP contribution in [0.4, 0.5) is 5.69 Å². The zero-order chi connectivity index (χ0) is 16.1. The van der Waals surface area contributed by atoms with E-state index in [4.69, 9.17) is 0 Å². The average Bonchev–Trinajstić information content (AvgIpc) is 2.52. The minimum Gasteiger partial charge on any atom is -0.288 e. The van der Waals surface area contributed by atoms with Crippen molar-refractivity contribution in [1.29, 1.82) is 5.26 Å². The van der Waals surface area contributed by atoms with Crippen molar-refractivity contribution in [3.63, 3.8) is 0 Å². The molecule has 0 saturated heterocycles. The molecule has 0 heterocycles. The van der Waals surface area contributed by atoms with Gasteiger partial charge < -0.3 is 0 Å². The summed E-state index contributed by atoms with van der Waals surface area (Å²) in [5, 5.41) is 19.9. The van der Waals surface area contributed by atoms with Crippen LogP contribution in [0, 0.1) is 28.4 Å². The monoisotopic (exact) mass is 292 g/mol. The van der Waals surface area contributed by atoms with Gasteiger partial charge in [-0.1, -0.05) is 35.9 Å². The van der Waals surface area contributed by atoms with Gasteiger partial charge in [0.15, 0.2) is 0 Å². The molecular weight excluding hydrogens is 280 g/mol. The molecule has 0 atom stereocenters. The van der Waals surface area contributed by atoms with Crippen molar-refractivity contribution >= 4 is 17.5 Å². The molecule has 0 N–H and O–H groups in total. The number of aryl methyl sites for hydroxylation is 1. The highest BCUT2D eigenvalue weighted by molar-refractivity contribution is 6.14. The third kappa shape index (κ3) is 3.44. The number of benzene rings is 2. The van der Waals surface area contributed by atoms with Crippen LogP contribution >= 0.6 is 0 Å². The maximum Gasteiger partial charge on any atom is 0.270 e. The fourth-order valence-corrected chi connectivity index (χ4v) is 1.99. The van der Waals surface area contributed by atoms with Crippen molar-refractivity contribution in [3.8, 4) is 6.07 Å². The van der Waals surface area contributed by atoms with Crippen LogP contribution in [0.1, 0.15) is 21.5 Å². The standard InChI is InChI=1S/C17H12N2O3/c1-12-4-2-6-14(8-12)17(20)15(11-18)9-13-5-3-7-16(10-13)19(21)22/h2-10H,1H3/b15-9+. The highest BCUT2D eigenvalue weighted by Crippen LogP contribution is 2.18. The summed E-state index contributed by atoms with van der Waals surface area (Å²) in [5.74, 6) is -0.405. The molecule has 5 heteroatoms. The van der Waals surface area contributed by atoms with Gasteiger partial charge in [0, 0.05) is 17.7 Å². The average molecular weight is 292 g/mol. The van der Waals surface area contributed by atoms with E-state index in [1.807, 2.05) is 19.1 Å². The first-order chi connectivity index (χ1) is 10.5. The molecule has 5 nitrogen and oxygen atoms in total. The van der Waals surface area contributed by atoms with Gasteiger partial charge in [0.1, 0.15) is 11.6 Å². The number of Topliss-reactive ketones (excluding diaryl/α,β-unsaturated/α-hetero) is 1. The highest BCUT2D eigenvalue weighted by Gasteiger charge is 2.13. The van der Waals surface area contributed by atoms with Crippen LogP contribution in [0.2, 0.25) is 0 Å². The molecule has 0 unspecified atom stereocenters. The number of hydrogen-bond acceptors (Lipinski definition) is 4. The third-order valence-corrected chi connectivity index (χ3v) is 3.04. The number of nitriles is 1. The Labute approximate surface area is 127 Å². The fourth-order valence-electron chi connectivity index (χ4n) is 1.99. The van der Waals surface area contributed by atoms with Gasteiger partial charge in [-0.25, -0.2) is 0 Å². The quantitative estimate of drug-likeness (QED) is 0.283. The predicted molar refractivity (Wildman–Crippen MR) is 82.2 cm³/mol. The Balaban J connectivity index is 2.40. The van der Waals surface area contributed by atoms with Gasteiger partial charge in [-0.05, 0) is 24.6 Å². The first-order valence-corrected chi connectivity index (χ1v) is 6.49. The molecule has 0 aliphatic heterocycles. The van der Waals surface area contributed by atoms with E-state index in [9.17, 15) is 20.2 Å². The van der Waals surface area contributed by atoms with Crippen LogP contribution in [0.15, 0.2) is 54.1 Å². The summed E-state index contributed by atoms with van der Waals surface area (Å²) < 4.78 is 0. The molecule has 0 aliphatic carbocycles. The molecule has 22 heavy (non-hydrogen) atoms. The lowest BCUT2D eigenvalue weighted by Gasteiger charge is -2.01. The molecule has 0 aliphatic rings. The van der Waals surface area contributed by atoms with Crippen LogP contribution in [0.5, 0.6) is 0 Å². The van der Waals surface area contributed by atoms with E-state index in [1.165, 1.54) is 24.3 Å². The van der Waals surface area contributed by atoms with E-state index < -0.39 is 10.7 Å². The van der Waals surface area contributed by atoms with Crippen molar-refractivity contribution in [2.75, 3.05) is 0 Å². The minimum atomic E-state index is -0.522. The van der Waals surface area contributed by atoms with Gasteiger partial charge in [0.25, 0.3) is 5.69 Å². The molecule has 2 aromatic carbocycles. The maximum atomic E-state index is 12.3. The second-order valence-electron chi connectivity index (χ2n) is 4.72. The van der Waals surface area contributed by atoms with Gasteiger partial charge in [-0.2, -0.15) is 5.26 Å². The molecule has 108 valence electrons. The summed E-state index contributed by atoms with van der Waals surface area (Å²) in [4.78, 5) is 22.6. The summed E-state index contributed by atoms with van der Waals surface area (Å²) in [7, 11) is 0. The third-order valence-electron chi connectivity index (χ3n) is 3.04. The molecule has 0 saturated carbocycles. The number of ketones is 1. The van der Waals surface area contributed by atoms with E-state index in [2.05, 4.69) is 0 Å². The minimum absolute atomic E-state index is 0.0638. The van der Waals surface area contributed by atoms with Gasteiger partial charge >= 0.3 is 0 Å². The van der Waals surface area contributed by atoms with Crippen molar-refractivity contribution < 1.29 is 9.72 Å². The SMILES string of the molecule is Cc1cccc(C(=O)/C(C#N)=C/c2cccc([N+](=O)[O-])c2)c1. The lowest BCUT2D eigenvalue weighted by atomic mass is 10.0. The lowest BCUT2D eigenvalue weighted by Crippen LogP contribution is -2.02. The van der Waals surface area contributed by atoms with Crippen LogP contribution in [0.3, 0.4) is 0 Å². The molecule has 0 aromatic heterocycles. The Kier molecular flexibility index (Phi) is 4.44. The van der Waals surface area contributed by atoms with E-state index in [0.717, 1.165) is 5.56 Å². The molecule has 0 fully saturated rings. The molecule has 0 radical (unpaired) electrons. The number of nitrogens with zero attached hydrogens (tertiary/aromatic N) is 2. The molecule has 0 bridgehead atoms. The topological polar surface area (TPSA) is 84.0 Å². The molecule has 2 rings (SSSR count). The number of carbonyl (C=O) groups is 1. The summed E-state index contributed by atoms with van der Waals surface area (Å²) >= 11 is 0. The molecule has 0 amide bonds. The molecule has 0 spiro atoms. The maximum absolute atomic E-state index is 12.3. The van der Waals surface area contributed by atoms with Gasteiger partial charge in [-0.15, -0.1) is 0 Å². The Morgan fingerprint density at radius 2 is 1.95 bits per heavy atom. The van der Waals surface area contributed by atoms with Crippen molar-refractivity contribution in [2.24, 2.45) is 0 Å². The number of rotatable bonds is 4. The lowest BCUT2D eigenvalue weighted by molar-refractivity contribution is -0.384. The number of carbonyl (C=O) groups excluding carboxylic acids is 1. The van der Waals surface area contributed by atoms with Crippen LogP contribution < -0.4 is 0 Å². The predicted octanol–water partition coefficient (Wildman–Crippen LogP) is 3.69. The molecule has 2 aromatic rings. The van der Waals surface area contributed by atoms with Gasteiger partial charge in [-0.3, -0.25) is 14.9 Å². The fraction of sp³-hybridized carbons (Fsp3) is 0.0588. The van der Waals surface area contributed by atoms with Crippen LogP contribution in [0.25, 0.3) is 6.08 Å². The van der Waals surface area contributed by atoms with Gasteiger partial charge in [0.2, 0.25) is 5.78 Å². The largest absolute Gasteiger partial charge is 0.288 e. The Hall–Kier alpha value is -3.26. The summed E-state index contributed by atoms with van der Waals surface area (Å²) in [6.07, 6.45) is 1.36. The Morgan fingerprint density at radius 3 is 2.59 bits per heavy atom. The summed E-state index contributed by atoms with van der Waals surface area (Å²) in [5.41, 5.74) is 1.61. The summed E-state index contributed by atoms with van der Waals surface area (Å²) in [6, 6.07) is 14.6. The number of allylic oxidation sites excluding steroid dienone is 1. The summed E-state index contributed by atoms with van der Waals surface area (Å²) in [6.45, 7) is 1.85. The van der Waals surface area contributed by atoms with Crippen LogP contribution in [-0.2, 0) is 0 Å². The zero-order valence-electron chi connectivity index (χ0n) is 11.8. The second-order valence-corrected chi connectivity index (χ2v) is 4.72. The smallest absolute Gasteiger partial charge is 0.270 e. The van der Waals surface area contributed by atoms with Crippen molar-refractivity contribution in [3.05, 3.63) is 80.9 Å². The number of non-ortho nitro benzene ring substituents is 1. The van der Waals surface area contributed by atoms with Gasteiger partial charge in [0.05, 0.1) is 4.92 Å². The highest BCUT2D eigenvalue weighted by atomic mass is 16.6. The Bertz CT molecular complexity index is 817. The van der Waals surface area contributed by atoms with E-state index in [1.54, 1.807) is 24.3 Å². The van der Waals surface area contributed by atoms with Crippen molar-refractivity contribution in [1.82, 2.24) is 0 Å². The first-order valence-electron chi connectivity index (χ1n) is 6.49. The number of nitro benzene ring substituents is 1. The first kappa shape index (κ1) is 15.1. The number of hydrogen-bond donors (Lipinski definition) is 0.